The normalized spacial score (nSPS) is 11.6. The molecule has 0 atom stereocenters. The maximum Gasteiger partial charge on any atom is 0.416 e. The number of aromatic nitrogens is 3. The van der Waals surface area contributed by atoms with Crippen molar-refractivity contribution in [3.63, 3.8) is 0 Å². The zero-order chi connectivity index (χ0) is 19.7. The summed E-state index contributed by atoms with van der Waals surface area (Å²) in [7, 11) is 1.54. The van der Waals surface area contributed by atoms with Crippen LogP contribution in [0.5, 0.6) is 5.75 Å². The fourth-order valence-corrected chi connectivity index (χ4v) is 2.83. The van der Waals surface area contributed by atoms with E-state index in [1.807, 2.05) is 28.8 Å². The molecule has 0 saturated carbocycles. The molecule has 4 aromatic rings. The third-order valence-electron chi connectivity index (χ3n) is 4.20. The van der Waals surface area contributed by atoms with E-state index in [9.17, 15) is 13.2 Å². The van der Waals surface area contributed by atoms with Gasteiger partial charge in [-0.3, -0.25) is 4.40 Å². The first kappa shape index (κ1) is 17.8. The number of hydrogen-bond acceptors (Lipinski definition) is 4. The zero-order valence-electron chi connectivity index (χ0n) is 14.7. The van der Waals surface area contributed by atoms with E-state index in [1.165, 1.54) is 19.2 Å². The van der Waals surface area contributed by atoms with Gasteiger partial charge in [-0.05, 0) is 36.4 Å². The van der Waals surface area contributed by atoms with Gasteiger partial charge in [0, 0.05) is 24.0 Å². The van der Waals surface area contributed by atoms with Crippen molar-refractivity contribution in [1.29, 1.82) is 0 Å². The van der Waals surface area contributed by atoms with Gasteiger partial charge in [-0.25, -0.2) is 9.97 Å². The highest BCUT2D eigenvalue weighted by molar-refractivity contribution is 5.66. The minimum absolute atomic E-state index is 0.444. The molecule has 3 heterocycles. The quantitative estimate of drug-likeness (QED) is 0.528. The molecule has 0 aliphatic rings. The molecule has 0 aliphatic carbocycles. The van der Waals surface area contributed by atoms with Gasteiger partial charge in [0.2, 0.25) is 0 Å². The SMILES string of the molecule is COc1cc(Nc2ccc(C(F)(F)F)cc2)nc(-c2cnc3ccccn23)c1. The van der Waals surface area contributed by atoms with Crippen LogP contribution in [0.1, 0.15) is 5.56 Å². The highest BCUT2D eigenvalue weighted by atomic mass is 19.4. The van der Waals surface area contributed by atoms with Crippen LogP contribution in [-0.4, -0.2) is 21.5 Å². The Balaban J connectivity index is 1.69. The highest BCUT2D eigenvalue weighted by Gasteiger charge is 2.29. The molecule has 3 aromatic heterocycles. The number of hydrogen-bond donors (Lipinski definition) is 1. The number of anilines is 2. The number of benzene rings is 1. The smallest absolute Gasteiger partial charge is 0.416 e. The van der Waals surface area contributed by atoms with E-state index in [1.54, 1.807) is 18.3 Å². The monoisotopic (exact) mass is 384 g/mol. The number of methoxy groups -OCH3 is 1. The fourth-order valence-electron chi connectivity index (χ4n) is 2.83. The summed E-state index contributed by atoms with van der Waals surface area (Å²) in [6, 6.07) is 13.9. The molecule has 0 aliphatic heterocycles. The number of alkyl halides is 3. The molecule has 0 amide bonds. The molecule has 0 unspecified atom stereocenters. The molecule has 1 N–H and O–H groups in total. The lowest BCUT2D eigenvalue weighted by atomic mass is 10.2. The van der Waals surface area contributed by atoms with Crippen LogP contribution in [0.4, 0.5) is 24.7 Å². The molecular formula is C20H15F3N4O. The summed E-state index contributed by atoms with van der Waals surface area (Å²) < 4.78 is 45.4. The first-order valence-corrected chi connectivity index (χ1v) is 8.37. The van der Waals surface area contributed by atoms with Crippen molar-refractivity contribution in [2.24, 2.45) is 0 Å². The Bertz CT molecular complexity index is 1120. The second-order valence-electron chi connectivity index (χ2n) is 6.05. The number of nitrogens with zero attached hydrogens (tertiary/aromatic N) is 3. The van der Waals surface area contributed by atoms with E-state index >= 15 is 0 Å². The molecule has 4 rings (SSSR count). The number of imidazole rings is 1. The second-order valence-corrected chi connectivity index (χ2v) is 6.05. The van der Waals surface area contributed by atoms with Gasteiger partial charge < -0.3 is 10.1 Å². The number of halogens is 3. The molecule has 0 saturated heterocycles. The summed E-state index contributed by atoms with van der Waals surface area (Å²) in [5.41, 5.74) is 1.94. The van der Waals surface area contributed by atoms with E-state index in [2.05, 4.69) is 15.3 Å². The number of rotatable bonds is 4. The van der Waals surface area contributed by atoms with Gasteiger partial charge >= 0.3 is 6.18 Å². The Morgan fingerprint density at radius 2 is 1.82 bits per heavy atom. The zero-order valence-corrected chi connectivity index (χ0v) is 14.7. The highest BCUT2D eigenvalue weighted by Crippen LogP contribution is 2.31. The van der Waals surface area contributed by atoms with E-state index in [0.29, 0.717) is 22.9 Å². The predicted octanol–water partition coefficient (Wildman–Crippen LogP) is 5.17. The average molecular weight is 384 g/mol. The lowest BCUT2D eigenvalue weighted by Gasteiger charge is -2.11. The van der Waals surface area contributed by atoms with Gasteiger partial charge in [0.25, 0.3) is 0 Å². The minimum atomic E-state index is -4.37. The van der Waals surface area contributed by atoms with Crippen LogP contribution < -0.4 is 10.1 Å². The van der Waals surface area contributed by atoms with Gasteiger partial charge in [-0.1, -0.05) is 6.07 Å². The Hall–Kier alpha value is -3.55. The van der Waals surface area contributed by atoms with Crippen LogP contribution in [0.25, 0.3) is 17.0 Å². The van der Waals surface area contributed by atoms with Gasteiger partial charge in [0.15, 0.2) is 0 Å². The molecule has 5 nitrogen and oxygen atoms in total. The first-order chi connectivity index (χ1) is 13.4. The van der Waals surface area contributed by atoms with E-state index < -0.39 is 11.7 Å². The lowest BCUT2D eigenvalue weighted by Crippen LogP contribution is -2.04. The van der Waals surface area contributed by atoms with E-state index in [4.69, 9.17) is 4.74 Å². The summed E-state index contributed by atoms with van der Waals surface area (Å²) in [5.74, 6) is 1.00. The number of nitrogens with one attached hydrogen (secondary N) is 1. The molecule has 0 fully saturated rings. The summed E-state index contributed by atoms with van der Waals surface area (Å²) in [5, 5.41) is 3.02. The van der Waals surface area contributed by atoms with Crippen LogP contribution in [-0.2, 0) is 6.18 Å². The van der Waals surface area contributed by atoms with Gasteiger partial charge in [-0.15, -0.1) is 0 Å². The lowest BCUT2D eigenvalue weighted by molar-refractivity contribution is -0.137. The topological polar surface area (TPSA) is 51.5 Å². The van der Waals surface area contributed by atoms with Crippen molar-refractivity contribution in [3.05, 3.63) is 72.6 Å². The third kappa shape index (κ3) is 3.48. The van der Waals surface area contributed by atoms with Crippen LogP contribution >= 0.6 is 0 Å². The Morgan fingerprint density at radius 1 is 1.04 bits per heavy atom. The Labute approximate surface area is 158 Å². The van der Waals surface area contributed by atoms with Gasteiger partial charge in [-0.2, -0.15) is 13.2 Å². The number of fused-ring (bicyclic) bond motifs is 1. The summed E-state index contributed by atoms with van der Waals surface area (Å²) in [6.45, 7) is 0. The summed E-state index contributed by atoms with van der Waals surface area (Å²) in [6.07, 6.45) is -0.788. The fraction of sp³-hybridized carbons (Fsp3) is 0.100. The van der Waals surface area contributed by atoms with Crippen molar-refractivity contribution in [2.45, 2.75) is 6.18 Å². The third-order valence-corrected chi connectivity index (χ3v) is 4.20. The number of ether oxygens (including phenoxy) is 1. The standard InChI is InChI=1S/C20H15F3N4O/c1-28-15-10-16(17-12-24-19-4-2-3-9-27(17)19)26-18(11-15)25-14-7-5-13(6-8-14)20(21,22)23/h2-12H,1H3,(H,25,26). The molecule has 0 radical (unpaired) electrons. The largest absolute Gasteiger partial charge is 0.497 e. The van der Waals surface area contributed by atoms with Crippen LogP contribution in [0.15, 0.2) is 67.0 Å². The van der Waals surface area contributed by atoms with E-state index in [0.717, 1.165) is 23.5 Å². The first-order valence-electron chi connectivity index (χ1n) is 8.37. The van der Waals surface area contributed by atoms with Gasteiger partial charge in [0.05, 0.1) is 30.3 Å². The number of pyridine rings is 2. The molecule has 142 valence electrons. The molecular weight excluding hydrogens is 369 g/mol. The van der Waals surface area contributed by atoms with Crippen molar-refractivity contribution >= 4 is 17.2 Å². The summed E-state index contributed by atoms with van der Waals surface area (Å²) >= 11 is 0. The summed E-state index contributed by atoms with van der Waals surface area (Å²) in [4.78, 5) is 8.92. The maximum absolute atomic E-state index is 12.7. The van der Waals surface area contributed by atoms with E-state index in [-0.39, 0.29) is 0 Å². The second kappa shape index (κ2) is 6.88. The molecule has 0 spiro atoms. The van der Waals surface area contributed by atoms with Crippen LogP contribution in [0.2, 0.25) is 0 Å². The average Bonchev–Trinajstić information content (AvgIpc) is 3.11. The Morgan fingerprint density at radius 3 is 2.54 bits per heavy atom. The van der Waals surface area contributed by atoms with Crippen LogP contribution in [0.3, 0.4) is 0 Å². The molecule has 28 heavy (non-hydrogen) atoms. The molecule has 8 heteroatoms. The molecule has 0 bridgehead atoms. The maximum atomic E-state index is 12.7. The minimum Gasteiger partial charge on any atom is -0.497 e. The predicted molar refractivity (Wildman–Crippen MR) is 99.7 cm³/mol. The Kier molecular flexibility index (Phi) is 4.38. The van der Waals surface area contributed by atoms with Crippen molar-refractivity contribution < 1.29 is 17.9 Å². The van der Waals surface area contributed by atoms with Gasteiger partial charge in [0.1, 0.15) is 17.2 Å². The van der Waals surface area contributed by atoms with Crippen molar-refractivity contribution in [3.8, 4) is 17.1 Å². The molecule has 1 aromatic carbocycles. The van der Waals surface area contributed by atoms with Crippen molar-refractivity contribution in [2.75, 3.05) is 12.4 Å². The van der Waals surface area contributed by atoms with Crippen molar-refractivity contribution in [1.82, 2.24) is 14.4 Å². The van der Waals surface area contributed by atoms with Crippen LogP contribution in [0, 0.1) is 0 Å².